The molecule has 2 aromatic carbocycles. The van der Waals surface area contributed by atoms with Gasteiger partial charge in [0.15, 0.2) is 0 Å². The fourth-order valence-electron chi connectivity index (χ4n) is 1.48. The van der Waals surface area contributed by atoms with Gasteiger partial charge in [-0.15, -0.1) is 0 Å². The van der Waals surface area contributed by atoms with E-state index < -0.39 is 0 Å². The first-order chi connectivity index (χ1) is 7.27. The van der Waals surface area contributed by atoms with Crippen LogP contribution in [0.4, 0.5) is 4.39 Å². The molecule has 2 rings (SSSR count). The Bertz CT molecular complexity index is 439. The van der Waals surface area contributed by atoms with Gasteiger partial charge in [0.25, 0.3) is 0 Å². The van der Waals surface area contributed by atoms with E-state index in [1.54, 1.807) is 12.1 Å². The number of alkyl halides is 1. The summed E-state index contributed by atoms with van der Waals surface area (Å²) in [4.78, 5) is 0.0504. The Morgan fingerprint density at radius 1 is 0.867 bits per heavy atom. The molecule has 76 valence electrons. The smallest absolute Gasteiger partial charge is 0.123 e. The summed E-state index contributed by atoms with van der Waals surface area (Å²) in [7, 11) is 0. The fourth-order valence-corrected chi connectivity index (χ4v) is 2.07. The van der Waals surface area contributed by atoms with Gasteiger partial charge < -0.3 is 0 Å². The van der Waals surface area contributed by atoms with E-state index >= 15 is 0 Å². The Labute approximate surface area is 96.9 Å². The number of benzene rings is 2. The standard InChI is InChI=1S/C13H10BrF/c14-13(10-5-2-1-3-6-10)11-7-4-8-12(15)9-11/h1-9,13H. The highest BCUT2D eigenvalue weighted by Crippen LogP contribution is 2.30. The zero-order chi connectivity index (χ0) is 10.7. The molecule has 0 aromatic heterocycles. The summed E-state index contributed by atoms with van der Waals surface area (Å²) >= 11 is 3.56. The van der Waals surface area contributed by atoms with Gasteiger partial charge in [0.05, 0.1) is 4.83 Å². The summed E-state index contributed by atoms with van der Waals surface area (Å²) in [5.41, 5.74) is 2.06. The van der Waals surface area contributed by atoms with Crippen molar-refractivity contribution >= 4 is 15.9 Å². The molecule has 0 saturated carbocycles. The monoisotopic (exact) mass is 264 g/mol. The van der Waals surface area contributed by atoms with Crippen LogP contribution in [-0.2, 0) is 0 Å². The van der Waals surface area contributed by atoms with Crippen molar-refractivity contribution in [3.8, 4) is 0 Å². The average Bonchev–Trinajstić information content (AvgIpc) is 2.29. The van der Waals surface area contributed by atoms with Gasteiger partial charge in [-0.3, -0.25) is 0 Å². The molecule has 0 nitrogen and oxygen atoms in total. The molecule has 15 heavy (non-hydrogen) atoms. The molecule has 0 spiro atoms. The molecule has 0 aliphatic carbocycles. The van der Waals surface area contributed by atoms with Crippen LogP contribution < -0.4 is 0 Å². The van der Waals surface area contributed by atoms with Crippen LogP contribution in [0.2, 0.25) is 0 Å². The molecule has 2 aromatic rings. The maximum Gasteiger partial charge on any atom is 0.123 e. The lowest BCUT2D eigenvalue weighted by molar-refractivity contribution is 0.626. The van der Waals surface area contributed by atoms with Crippen LogP contribution >= 0.6 is 15.9 Å². The first kappa shape index (κ1) is 10.4. The number of hydrogen-bond acceptors (Lipinski definition) is 0. The largest absolute Gasteiger partial charge is 0.207 e. The van der Waals surface area contributed by atoms with Crippen molar-refractivity contribution in [2.24, 2.45) is 0 Å². The maximum atomic E-state index is 13.0. The van der Waals surface area contributed by atoms with E-state index in [2.05, 4.69) is 15.9 Å². The van der Waals surface area contributed by atoms with Crippen LogP contribution in [0.1, 0.15) is 16.0 Å². The van der Waals surface area contributed by atoms with Gasteiger partial charge in [0.2, 0.25) is 0 Å². The molecule has 0 aliphatic rings. The summed E-state index contributed by atoms with van der Waals surface area (Å²) in [5.74, 6) is -0.201. The summed E-state index contributed by atoms with van der Waals surface area (Å²) in [6.45, 7) is 0. The van der Waals surface area contributed by atoms with Crippen LogP contribution in [-0.4, -0.2) is 0 Å². The Hall–Kier alpha value is -1.15. The normalized spacial score (nSPS) is 12.4. The Balaban J connectivity index is 2.32. The van der Waals surface area contributed by atoms with Crippen LogP contribution in [0.15, 0.2) is 54.6 Å². The third kappa shape index (κ3) is 2.45. The SMILES string of the molecule is Fc1cccc(C(Br)c2ccccc2)c1. The van der Waals surface area contributed by atoms with E-state index in [-0.39, 0.29) is 10.6 Å². The number of rotatable bonds is 2. The van der Waals surface area contributed by atoms with Crippen molar-refractivity contribution in [3.63, 3.8) is 0 Å². The molecular formula is C13H10BrF. The topological polar surface area (TPSA) is 0 Å². The van der Waals surface area contributed by atoms with E-state index in [4.69, 9.17) is 0 Å². The van der Waals surface area contributed by atoms with Crippen molar-refractivity contribution < 1.29 is 4.39 Å². The maximum absolute atomic E-state index is 13.0. The molecular weight excluding hydrogens is 255 g/mol. The van der Waals surface area contributed by atoms with Crippen LogP contribution in [0.5, 0.6) is 0 Å². The van der Waals surface area contributed by atoms with Gasteiger partial charge in [0.1, 0.15) is 5.82 Å². The number of hydrogen-bond donors (Lipinski definition) is 0. The molecule has 0 radical (unpaired) electrons. The lowest BCUT2D eigenvalue weighted by atomic mass is 10.1. The van der Waals surface area contributed by atoms with Gasteiger partial charge in [-0.05, 0) is 23.3 Å². The van der Waals surface area contributed by atoms with Crippen molar-refractivity contribution in [2.45, 2.75) is 4.83 Å². The van der Waals surface area contributed by atoms with Crippen LogP contribution in [0.3, 0.4) is 0 Å². The van der Waals surface area contributed by atoms with E-state index in [1.165, 1.54) is 6.07 Å². The average molecular weight is 265 g/mol. The summed E-state index contributed by atoms with van der Waals surface area (Å²) < 4.78 is 13.0. The molecule has 1 unspecified atom stereocenters. The summed E-state index contributed by atoms with van der Waals surface area (Å²) in [6, 6.07) is 16.6. The minimum atomic E-state index is -0.201. The first-order valence-corrected chi connectivity index (χ1v) is 5.63. The zero-order valence-electron chi connectivity index (χ0n) is 8.03. The molecule has 0 saturated heterocycles. The summed E-state index contributed by atoms with van der Waals surface area (Å²) in [5, 5.41) is 0. The van der Waals surface area contributed by atoms with Crippen molar-refractivity contribution in [2.75, 3.05) is 0 Å². The van der Waals surface area contributed by atoms with Gasteiger partial charge >= 0.3 is 0 Å². The Kier molecular flexibility index (Phi) is 3.17. The molecule has 0 aliphatic heterocycles. The van der Waals surface area contributed by atoms with E-state index in [0.717, 1.165) is 11.1 Å². The lowest BCUT2D eigenvalue weighted by Gasteiger charge is -2.10. The second-order valence-electron chi connectivity index (χ2n) is 3.33. The lowest BCUT2D eigenvalue weighted by Crippen LogP contribution is -1.92. The predicted octanol–water partition coefficient (Wildman–Crippen LogP) is 4.31. The Morgan fingerprint density at radius 2 is 1.53 bits per heavy atom. The number of halogens is 2. The molecule has 0 amide bonds. The Morgan fingerprint density at radius 3 is 2.20 bits per heavy atom. The fraction of sp³-hybridized carbons (Fsp3) is 0.0769. The van der Waals surface area contributed by atoms with Crippen LogP contribution in [0.25, 0.3) is 0 Å². The minimum absolute atomic E-state index is 0.0504. The summed E-state index contributed by atoms with van der Waals surface area (Å²) in [6.07, 6.45) is 0. The molecule has 0 N–H and O–H groups in total. The first-order valence-electron chi connectivity index (χ1n) is 4.72. The quantitative estimate of drug-likeness (QED) is 0.710. The van der Waals surface area contributed by atoms with Crippen LogP contribution in [0, 0.1) is 5.82 Å². The third-order valence-corrected chi connectivity index (χ3v) is 3.29. The van der Waals surface area contributed by atoms with Crippen molar-refractivity contribution in [1.82, 2.24) is 0 Å². The second-order valence-corrected chi connectivity index (χ2v) is 4.24. The van der Waals surface area contributed by atoms with E-state index in [0.29, 0.717) is 0 Å². The molecule has 0 fully saturated rings. The molecule has 1 atom stereocenters. The van der Waals surface area contributed by atoms with Gasteiger partial charge in [0, 0.05) is 0 Å². The van der Waals surface area contributed by atoms with E-state index in [9.17, 15) is 4.39 Å². The third-order valence-electron chi connectivity index (χ3n) is 2.23. The van der Waals surface area contributed by atoms with Gasteiger partial charge in [-0.1, -0.05) is 58.4 Å². The van der Waals surface area contributed by atoms with Gasteiger partial charge in [-0.25, -0.2) is 4.39 Å². The highest BCUT2D eigenvalue weighted by atomic mass is 79.9. The molecule has 0 heterocycles. The molecule has 0 bridgehead atoms. The predicted molar refractivity (Wildman–Crippen MR) is 63.6 cm³/mol. The minimum Gasteiger partial charge on any atom is -0.207 e. The highest BCUT2D eigenvalue weighted by molar-refractivity contribution is 9.09. The van der Waals surface area contributed by atoms with Crippen molar-refractivity contribution in [3.05, 3.63) is 71.5 Å². The second kappa shape index (κ2) is 4.58. The highest BCUT2D eigenvalue weighted by Gasteiger charge is 2.09. The van der Waals surface area contributed by atoms with Crippen molar-refractivity contribution in [1.29, 1.82) is 0 Å². The van der Waals surface area contributed by atoms with E-state index in [1.807, 2.05) is 36.4 Å². The molecule has 2 heteroatoms. The van der Waals surface area contributed by atoms with Gasteiger partial charge in [-0.2, -0.15) is 0 Å². The zero-order valence-corrected chi connectivity index (χ0v) is 9.62.